The van der Waals surface area contributed by atoms with Crippen molar-refractivity contribution >= 4 is 21.7 Å². The lowest BCUT2D eigenvalue weighted by Gasteiger charge is -2.22. The molecule has 1 aliphatic carbocycles. The molecule has 0 radical (unpaired) electrons. The first kappa shape index (κ1) is 15.7. The lowest BCUT2D eigenvalue weighted by molar-refractivity contribution is 0.515. The molecule has 26 heavy (non-hydrogen) atoms. The van der Waals surface area contributed by atoms with E-state index in [0.717, 1.165) is 12.8 Å². The summed E-state index contributed by atoms with van der Waals surface area (Å²) in [5.74, 6) is 0. The second kappa shape index (κ2) is 6.02. The summed E-state index contributed by atoms with van der Waals surface area (Å²) in [6.07, 6.45) is 6.86. The molecule has 1 aromatic heterocycles. The number of nitrogens with zero attached hydrogens (tertiary/aromatic N) is 1. The SMILES string of the molecule is CCCC(C)n1ccc2c3c(ccc21)Cc1cc2ccccc2cc1C3. The van der Waals surface area contributed by atoms with E-state index in [1.165, 1.54) is 56.8 Å². The van der Waals surface area contributed by atoms with Gasteiger partial charge in [-0.25, -0.2) is 0 Å². The lowest BCUT2D eigenvalue weighted by Crippen LogP contribution is -2.09. The molecular weight excluding hydrogens is 314 g/mol. The van der Waals surface area contributed by atoms with Gasteiger partial charge in [0.15, 0.2) is 0 Å². The van der Waals surface area contributed by atoms with Crippen LogP contribution >= 0.6 is 0 Å². The first-order valence-electron chi connectivity index (χ1n) is 9.86. The van der Waals surface area contributed by atoms with Gasteiger partial charge >= 0.3 is 0 Å². The van der Waals surface area contributed by atoms with Crippen LogP contribution in [-0.2, 0) is 12.8 Å². The van der Waals surface area contributed by atoms with Crippen molar-refractivity contribution in [1.29, 1.82) is 0 Å². The molecule has 0 saturated carbocycles. The number of benzene rings is 3. The van der Waals surface area contributed by atoms with Crippen LogP contribution in [0.3, 0.4) is 0 Å². The Bertz CT molecular complexity index is 1120. The van der Waals surface area contributed by atoms with Crippen molar-refractivity contribution in [2.75, 3.05) is 0 Å². The molecule has 130 valence electrons. The standard InChI is InChI=1S/C25H25N/c1-3-6-17(2)26-12-11-23-24-16-22-14-19-8-5-4-7-18(19)13-21(22)15-20(24)9-10-25(23)26/h4-5,7-14,17H,3,6,15-16H2,1-2H3. The topological polar surface area (TPSA) is 4.93 Å². The van der Waals surface area contributed by atoms with E-state index in [2.05, 4.69) is 79.2 Å². The van der Waals surface area contributed by atoms with Gasteiger partial charge < -0.3 is 4.57 Å². The Kier molecular flexibility index (Phi) is 3.63. The van der Waals surface area contributed by atoms with Gasteiger partial charge in [0.05, 0.1) is 0 Å². The fourth-order valence-electron chi connectivity index (χ4n) is 4.72. The lowest BCUT2D eigenvalue weighted by atomic mass is 9.83. The van der Waals surface area contributed by atoms with E-state index in [1.807, 2.05) is 0 Å². The van der Waals surface area contributed by atoms with Gasteiger partial charge in [0.1, 0.15) is 0 Å². The zero-order chi connectivity index (χ0) is 17.7. The minimum absolute atomic E-state index is 0.565. The van der Waals surface area contributed by atoms with Crippen molar-refractivity contribution in [2.45, 2.75) is 45.6 Å². The molecule has 3 aromatic carbocycles. The summed E-state index contributed by atoms with van der Waals surface area (Å²) in [6.45, 7) is 4.61. The van der Waals surface area contributed by atoms with E-state index >= 15 is 0 Å². The highest BCUT2D eigenvalue weighted by atomic mass is 15.0. The Morgan fingerprint density at radius 2 is 1.62 bits per heavy atom. The summed E-state index contributed by atoms with van der Waals surface area (Å²) in [5.41, 5.74) is 7.43. The van der Waals surface area contributed by atoms with Gasteiger partial charge in [-0.3, -0.25) is 0 Å². The summed E-state index contributed by atoms with van der Waals surface area (Å²) in [5, 5.41) is 4.16. The van der Waals surface area contributed by atoms with E-state index in [1.54, 1.807) is 0 Å². The number of fused-ring (bicyclic) bond motifs is 5. The van der Waals surface area contributed by atoms with Crippen LogP contribution in [0.5, 0.6) is 0 Å². The Hall–Kier alpha value is -2.54. The van der Waals surface area contributed by atoms with Gasteiger partial charge in [0, 0.05) is 23.1 Å². The highest BCUT2D eigenvalue weighted by Crippen LogP contribution is 2.35. The van der Waals surface area contributed by atoms with Crippen LogP contribution < -0.4 is 0 Å². The van der Waals surface area contributed by atoms with Crippen LogP contribution in [0, 0.1) is 0 Å². The molecule has 5 rings (SSSR count). The fraction of sp³-hybridized carbons (Fsp3) is 0.280. The molecule has 0 bridgehead atoms. The van der Waals surface area contributed by atoms with Crippen molar-refractivity contribution in [3.05, 3.63) is 83.0 Å². The quantitative estimate of drug-likeness (QED) is 0.347. The average Bonchev–Trinajstić information content (AvgIpc) is 3.09. The molecule has 0 saturated heterocycles. The monoisotopic (exact) mass is 339 g/mol. The normalized spacial score (nSPS) is 14.4. The Morgan fingerprint density at radius 3 is 2.35 bits per heavy atom. The molecule has 1 atom stereocenters. The number of hydrogen-bond donors (Lipinski definition) is 0. The molecule has 1 unspecified atom stereocenters. The predicted octanol–water partition coefficient (Wildman–Crippen LogP) is 6.65. The summed E-state index contributed by atoms with van der Waals surface area (Å²) in [4.78, 5) is 0. The van der Waals surface area contributed by atoms with Gasteiger partial charge in [0.2, 0.25) is 0 Å². The van der Waals surface area contributed by atoms with Gasteiger partial charge in [-0.2, -0.15) is 0 Å². The smallest absolute Gasteiger partial charge is 0.0485 e. The van der Waals surface area contributed by atoms with E-state index in [0.29, 0.717) is 6.04 Å². The maximum absolute atomic E-state index is 2.47. The van der Waals surface area contributed by atoms with Crippen LogP contribution in [0.4, 0.5) is 0 Å². The zero-order valence-electron chi connectivity index (χ0n) is 15.6. The van der Waals surface area contributed by atoms with Crippen molar-refractivity contribution < 1.29 is 0 Å². The highest BCUT2D eigenvalue weighted by molar-refractivity contribution is 5.88. The Morgan fingerprint density at radius 1 is 0.885 bits per heavy atom. The fourth-order valence-corrected chi connectivity index (χ4v) is 4.72. The van der Waals surface area contributed by atoms with Gasteiger partial charge in [-0.15, -0.1) is 0 Å². The Labute approximate surface area is 155 Å². The summed E-state index contributed by atoms with van der Waals surface area (Å²) in [7, 11) is 0. The molecule has 1 nitrogen and oxygen atoms in total. The van der Waals surface area contributed by atoms with Crippen LogP contribution in [-0.4, -0.2) is 4.57 Å². The maximum Gasteiger partial charge on any atom is 0.0485 e. The summed E-state index contributed by atoms with van der Waals surface area (Å²) < 4.78 is 2.47. The first-order chi connectivity index (χ1) is 12.7. The third-order valence-electron chi connectivity index (χ3n) is 6.11. The third-order valence-corrected chi connectivity index (χ3v) is 6.11. The molecule has 0 N–H and O–H groups in total. The summed E-state index contributed by atoms with van der Waals surface area (Å²) >= 11 is 0. The summed E-state index contributed by atoms with van der Waals surface area (Å²) in [6, 6.07) is 21.1. The van der Waals surface area contributed by atoms with E-state index in [4.69, 9.17) is 0 Å². The number of hydrogen-bond acceptors (Lipinski definition) is 0. The van der Waals surface area contributed by atoms with Gasteiger partial charge in [-0.1, -0.05) is 55.8 Å². The van der Waals surface area contributed by atoms with Crippen LogP contribution in [0.15, 0.2) is 60.8 Å². The minimum Gasteiger partial charge on any atom is -0.345 e. The van der Waals surface area contributed by atoms with Crippen molar-refractivity contribution in [3.63, 3.8) is 0 Å². The number of rotatable bonds is 3. The van der Waals surface area contributed by atoms with Gasteiger partial charge in [-0.05, 0) is 71.3 Å². The predicted molar refractivity (Wildman–Crippen MR) is 111 cm³/mol. The highest BCUT2D eigenvalue weighted by Gasteiger charge is 2.20. The maximum atomic E-state index is 2.47. The molecule has 1 heterocycles. The minimum atomic E-state index is 0.565. The Balaban J connectivity index is 1.63. The van der Waals surface area contributed by atoms with Crippen molar-refractivity contribution in [1.82, 2.24) is 4.57 Å². The molecule has 4 aromatic rings. The molecule has 1 heteroatoms. The third kappa shape index (κ3) is 2.38. The largest absolute Gasteiger partial charge is 0.345 e. The average molecular weight is 339 g/mol. The van der Waals surface area contributed by atoms with Crippen LogP contribution in [0.1, 0.15) is 55.0 Å². The molecule has 0 fully saturated rings. The van der Waals surface area contributed by atoms with E-state index in [-0.39, 0.29) is 0 Å². The molecule has 0 aliphatic heterocycles. The second-order valence-corrected chi connectivity index (χ2v) is 7.82. The van der Waals surface area contributed by atoms with Crippen molar-refractivity contribution in [3.8, 4) is 0 Å². The van der Waals surface area contributed by atoms with E-state index in [9.17, 15) is 0 Å². The first-order valence-corrected chi connectivity index (χ1v) is 9.86. The van der Waals surface area contributed by atoms with Crippen LogP contribution in [0.2, 0.25) is 0 Å². The molecule has 0 spiro atoms. The molecule has 0 amide bonds. The van der Waals surface area contributed by atoms with Crippen LogP contribution in [0.25, 0.3) is 21.7 Å². The molecule has 1 aliphatic rings. The second-order valence-electron chi connectivity index (χ2n) is 7.82. The van der Waals surface area contributed by atoms with Crippen molar-refractivity contribution in [2.24, 2.45) is 0 Å². The van der Waals surface area contributed by atoms with Gasteiger partial charge in [0.25, 0.3) is 0 Å². The number of aromatic nitrogens is 1. The van der Waals surface area contributed by atoms with E-state index < -0.39 is 0 Å². The zero-order valence-corrected chi connectivity index (χ0v) is 15.6. The molecular formula is C25H25N.